The molecule has 1 aromatic heterocycles. The van der Waals surface area contributed by atoms with Gasteiger partial charge in [-0.15, -0.1) is 0 Å². The highest BCUT2D eigenvalue weighted by molar-refractivity contribution is 6.03. The number of imidazole rings is 1. The standard InChI is InChI=1S/C31H31N3O5/c1-4-28-32-23-17-20(11-12-24(23)34(28)21-7-5-8-22(18-21)37-2)30(36)33-15-13-31(14-16-33)19-25(35)29-26(38-3)9-6-10-27(29)39-31/h5-12,17-18H,4,13-16,19H2,1-3H3. The molecule has 0 unspecified atom stereocenters. The number of hydrogen-bond donors (Lipinski definition) is 0. The summed E-state index contributed by atoms with van der Waals surface area (Å²) in [6.07, 6.45) is 2.22. The molecule has 39 heavy (non-hydrogen) atoms. The van der Waals surface area contributed by atoms with E-state index in [-0.39, 0.29) is 18.1 Å². The van der Waals surface area contributed by atoms with Gasteiger partial charge in [-0.3, -0.25) is 14.2 Å². The number of fused-ring (bicyclic) bond motifs is 2. The number of likely N-dealkylation sites (tertiary alicyclic amines) is 1. The van der Waals surface area contributed by atoms with Crippen molar-refractivity contribution >= 4 is 22.7 Å². The van der Waals surface area contributed by atoms with Gasteiger partial charge in [0.25, 0.3) is 5.91 Å². The van der Waals surface area contributed by atoms with Gasteiger partial charge in [-0.1, -0.05) is 19.1 Å². The van der Waals surface area contributed by atoms with Crippen molar-refractivity contribution in [2.45, 2.75) is 38.2 Å². The van der Waals surface area contributed by atoms with Crippen LogP contribution >= 0.6 is 0 Å². The van der Waals surface area contributed by atoms with Crippen LogP contribution < -0.4 is 14.2 Å². The van der Waals surface area contributed by atoms with Crippen molar-refractivity contribution in [3.05, 3.63) is 77.6 Å². The highest BCUT2D eigenvalue weighted by Crippen LogP contribution is 2.42. The van der Waals surface area contributed by atoms with Gasteiger partial charge in [-0.05, 0) is 42.5 Å². The number of benzene rings is 3. The molecule has 1 saturated heterocycles. The van der Waals surface area contributed by atoms with Gasteiger partial charge in [-0.2, -0.15) is 0 Å². The minimum Gasteiger partial charge on any atom is -0.497 e. The highest BCUT2D eigenvalue weighted by Gasteiger charge is 2.44. The maximum Gasteiger partial charge on any atom is 0.253 e. The summed E-state index contributed by atoms with van der Waals surface area (Å²) < 4.78 is 19.3. The topological polar surface area (TPSA) is 82.9 Å². The third kappa shape index (κ3) is 4.30. The number of ether oxygens (including phenoxy) is 3. The Hall–Kier alpha value is -4.33. The summed E-state index contributed by atoms with van der Waals surface area (Å²) in [6.45, 7) is 3.10. The fraction of sp³-hybridized carbons (Fsp3) is 0.323. The van der Waals surface area contributed by atoms with E-state index >= 15 is 0 Å². The number of rotatable bonds is 5. The van der Waals surface area contributed by atoms with Gasteiger partial charge < -0.3 is 19.1 Å². The van der Waals surface area contributed by atoms with E-state index in [2.05, 4.69) is 11.5 Å². The Morgan fingerprint density at radius 2 is 1.82 bits per heavy atom. The number of aryl methyl sites for hydroxylation is 1. The second-order valence-corrected chi connectivity index (χ2v) is 10.1. The van der Waals surface area contributed by atoms with E-state index < -0.39 is 5.60 Å². The molecular weight excluding hydrogens is 494 g/mol. The third-order valence-electron chi connectivity index (χ3n) is 7.86. The predicted molar refractivity (Wildman–Crippen MR) is 147 cm³/mol. The molecule has 1 fully saturated rings. The van der Waals surface area contributed by atoms with Crippen molar-refractivity contribution in [1.82, 2.24) is 14.5 Å². The number of nitrogens with zero attached hydrogens (tertiary/aromatic N) is 3. The van der Waals surface area contributed by atoms with E-state index in [9.17, 15) is 9.59 Å². The Balaban J connectivity index is 1.22. The van der Waals surface area contributed by atoms with Gasteiger partial charge in [0.2, 0.25) is 0 Å². The average molecular weight is 526 g/mol. The number of amides is 1. The lowest BCUT2D eigenvalue weighted by Gasteiger charge is -2.44. The summed E-state index contributed by atoms with van der Waals surface area (Å²) in [5, 5.41) is 0. The first-order valence-electron chi connectivity index (χ1n) is 13.3. The van der Waals surface area contributed by atoms with Crippen LogP contribution in [0.2, 0.25) is 0 Å². The maximum atomic E-state index is 13.5. The molecule has 3 aromatic carbocycles. The quantitative estimate of drug-likeness (QED) is 0.354. The number of carbonyl (C=O) groups excluding carboxylic acids is 2. The molecular formula is C31H31N3O5. The van der Waals surface area contributed by atoms with Crippen LogP contribution in [-0.2, 0) is 6.42 Å². The first-order chi connectivity index (χ1) is 18.9. The number of hydrogen-bond acceptors (Lipinski definition) is 6. The molecule has 3 heterocycles. The zero-order valence-corrected chi connectivity index (χ0v) is 22.4. The van der Waals surface area contributed by atoms with Gasteiger partial charge in [0.15, 0.2) is 5.78 Å². The highest BCUT2D eigenvalue weighted by atomic mass is 16.5. The second-order valence-electron chi connectivity index (χ2n) is 10.1. The van der Waals surface area contributed by atoms with E-state index in [1.54, 1.807) is 20.3 Å². The van der Waals surface area contributed by atoms with Gasteiger partial charge in [0.1, 0.15) is 34.2 Å². The molecule has 4 aromatic rings. The Morgan fingerprint density at radius 1 is 1.03 bits per heavy atom. The number of piperidine rings is 1. The number of ketones is 1. The molecule has 0 aliphatic carbocycles. The second kappa shape index (κ2) is 9.76. The fourth-order valence-corrected chi connectivity index (χ4v) is 5.81. The van der Waals surface area contributed by atoms with Crippen LogP contribution in [-0.4, -0.2) is 59.1 Å². The van der Waals surface area contributed by atoms with Crippen molar-refractivity contribution in [3.8, 4) is 22.9 Å². The molecule has 8 nitrogen and oxygen atoms in total. The Bertz CT molecular complexity index is 1580. The smallest absolute Gasteiger partial charge is 0.253 e. The van der Waals surface area contributed by atoms with Crippen LogP contribution in [0.25, 0.3) is 16.7 Å². The normalized spacial score (nSPS) is 16.2. The molecule has 0 bridgehead atoms. The number of carbonyl (C=O) groups is 2. The molecule has 0 saturated carbocycles. The molecule has 0 radical (unpaired) electrons. The molecule has 2 aliphatic heterocycles. The van der Waals surface area contributed by atoms with Gasteiger partial charge in [0, 0.05) is 44.0 Å². The van der Waals surface area contributed by atoms with Crippen molar-refractivity contribution in [1.29, 1.82) is 0 Å². The Labute approximate surface area is 227 Å². The van der Waals surface area contributed by atoms with E-state index in [0.717, 1.165) is 34.7 Å². The third-order valence-corrected chi connectivity index (χ3v) is 7.86. The number of Topliss-reactive ketones (excluding diaryl/α,β-unsaturated/α-hetero) is 1. The Kier molecular flexibility index (Phi) is 6.25. The molecule has 1 spiro atoms. The van der Waals surface area contributed by atoms with Crippen LogP contribution in [0.5, 0.6) is 17.2 Å². The summed E-state index contributed by atoms with van der Waals surface area (Å²) in [7, 11) is 3.21. The zero-order valence-electron chi connectivity index (χ0n) is 22.4. The van der Waals surface area contributed by atoms with Crippen molar-refractivity contribution < 1.29 is 23.8 Å². The van der Waals surface area contributed by atoms with Gasteiger partial charge in [0.05, 0.1) is 37.4 Å². The first kappa shape index (κ1) is 25.0. The molecule has 1 amide bonds. The van der Waals surface area contributed by atoms with Crippen LogP contribution in [0.15, 0.2) is 60.7 Å². The lowest BCUT2D eigenvalue weighted by atomic mass is 9.82. The van der Waals surface area contributed by atoms with Crippen molar-refractivity contribution in [3.63, 3.8) is 0 Å². The lowest BCUT2D eigenvalue weighted by Crippen LogP contribution is -2.52. The Morgan fingerprint density at radius 3 is 2.56 bits per heavy atom. The van der Waals surface area contributed by atoms with Crippen LogP contribution in [0.3, 0.4) is 0 Å². The zero-order chi connectivity index (χ0) is 27.1. The molecule has 6 rings (SSSR count). The maximum absolute atomic E-state index is 13.5. The average Bonchev–Trinajstić information content (AvgIpc) is 3.34. The van der Waals surface area contributed by atoms with Gasteiger partial charge >= 0.3 is 0 Å². The van der Waals surface area contributed by atoms with Gasteiger partial charge in [-0.25, -0.2) is 4.98 Å². The first-order valence-corrected chi connectivity index (χ1v) is 13.3. The fourth-order valence-electron chi connectivity index (χ4n) is 5.81. The van der Waals surface area contributed by atoms with E-state index in [1.807, 2.05) is 59.5 Å². The minimum absolute atomic E-state index is 0.0253. The molecule has 0 N–H and O–H groups in total. The molecule has 200 valence electrons. The summed E-state index contributed by atoms with van der Waals surface area (Å²) in [5.74, 6) is 2.78. The molecule has 0 atom stereocenters. The van der Waals surface area contributed by atoms with Crippen molar-refractivity contribution in [2.24, 2.45) is 0 Å². The van der Waals surface area contributed by atoms with Crippen LogP contribution in [0.4, 0.5) is 0 Å². The van der Waals surface area contributed by atoms with E-state index in [0.29, 0.717) is 48.6 Å². The largest absolute Gasteiger partial charge is 0.497 e. The molecule has 8 heteroatoms. The minimum atomic E-state index is -0.595. The van der Waals surface area contributed by atoms with E-state index in [4.69, 9.17) is 19.2 Å². The SMILES string of the molecule is CCc1nc2cc(C(=O)N3CCC4(CC3)CC(=O)c3c(OC)cccc3O4)ccc2n1-c1cccc(OC)c1. The summed E-state index contributed by atoms with van der Waals surface area (Å²) in [6, 6.07) is 19.0. The monoisotopic (exact) mass is 525 g/mol. The number of aromatic nitrogens is 2. The summed E-state index contributed by atoms with van der Waals surface area (Å²) >= 11 is 0. The van der Waals surface area contributed by atoms with Crippen LogP contribution in [0.1, 0.15) is 52.7 Å². The summed E-state index contributed by atoms with van der Waals surface area (Å²) in [5.41, 5.74) is 3.21. The lowest BCUT2D eigenvalue weighted by molar-refractivity contribution is -0.00599. The van der Waals surface area contributed by atoms with Crippen molar-refractivity contribution in [2.75, 3.05) is 27.3 Å². The van der Waals surface area contributed by atoms with E-state index in [1.165, 1.54) is 0 Å². The summed E-state index contributed by atoms with van der Waals surface area (Å²) in [4.78, 5) is 33.3. The number of methoxy groups -OCH3 is 2. The van der Waals surface area contributed by atoms with Crippen LogP contribution in [0, 0.1) is 0 Å². The predicted octanol–water partition coefficient (Wildman–Crippen LogP) is 5.25. The molecule has 2 aliphatic rings.